The molecule has 7 heteroatoms. The molecule has 0 saturated carbocycles. The third kappa shape index (κ3) is 4.83. The van der Waals surface area contributed by atoms with Crippen LogP contribution in [0.4, 0.5) is 5.69 Å². The minimum atomic E-state index is -0.773. The standard InChI is InChI=1S/C15H20N2O5/c1-9(2)13(15(19)22-10(3)4)16-14(18)11-5-7-12(8-6-11)17(20)21/h5-10,13H,1-4H3,(H,16,18)/t13-/m0/s1. The number of esters is 1. The molecule has 1 rings (SSSR count). The molecular weight excluding hydrogens is 288 g/mol. The Hall–Kier alpha value is -2.44. The quantitative estimate of drug-likeness (QED) is 0.494. The van der Waals surface area contributed by atoms with E-state index >= 15 is 0 Å². The third-order valence-electron chi connectivity index (χ3n) is 2.90. The van der Waals surface area contributed by atoms with E-state index in [0.717, 1.165) is 0 Å². The van der Waals surface area contributed by atoms with E-state index in [1.807, 2.05) is 0 Å². The molecule has 0 aliphatic heterocycles. The molecule has 0 fully saturated rings. The van der Waals surface area contributed by atoms with Crippen molar-refractivity contribution >= 4 is 17.6 Å². The zero-order valence-corrected chi connectivity index (χ0v) is 13.0. The smallest absolute Gasteiger partial charge is 0.329 e. The van der Waals surface area contributed by atoms with Gasteiger partial charge in [0.25, 0.3) is 11.6 Å². The number of nitrogens with one attached hydrogen (secondary N) is 1. The summed E-state index contributed by atoms with van der Waals surface area (Å²) in [5.41, 5.74) is 0.143. The van der Waals surface area contributed by atoms with Gasteiger partial charge in [-0.3, -0.25) is 14.9 Å². The van der Waals surface area contributed by atoms with Crippen molar-refractivity contribution < 1.29 is 19.2 Å². The van der Waals surface area contributed by atoms with E-state index in [0.29, 0.717) is 0 Å². The van der Waals surface area contributed by atoms with Gasteiger partial charge in [-0.05, 0) is 31.9 Å². The maximum Gasteiger partial charge on any atom is 0.329 e. The van der Waals surface area contributed by atoms with Gasteiger partial charge in [-0.2, -0.15) is 0 Å². The van der Waals surface area contributed by atoms with Crippen molar-refractivity contribution in [3.63, 3.8) is 0 Å². The fourth-order valence-corrected chi connectivity index (χ4v) is 1.76. The molecule has 0 aliphatic carbocycles. The van der Waals surface area contributed by atoms with Gasteiger partial charge in [0.15, 0.2) is 0 Å². The van der Waals surface area contributed by atoms with E-state index in [4.69, 9.17) is 4.74 Å². The Balaban J connectivity index is 2.82. The molecule has 7 nitrogen and oxygen atoms in total. The Bertz CT molecular complexity index is 552. The molecule has 0 aliphatic rings. The number of non-ortho nitro benzene ring substituents is 1. The molecule has 1 amide bonds. The van der Waals surface area contributed by atoms with Crippen LogP contribution in [0.2, 0.25) is 0 Å². The van der Waals surface area contributed by atoms with Gasteiger partial charge in [0, 0.05) is 17.7 Å². The number of amides is 1. The second-order valence-electron chi connectivity index (χ2n) is 5.48. The van der Waals surface area contributed by atoms with Crippen LogP contribution in [0.1, 0.15) is 38.1 Å². The maximum atomic E-state index is 12.1. The van der Waals surface area contributed by atoms with Crippen molar-refractivity contribution in [3.05, 3.63) is 39.9 Å². The van der Waals surface area contributed by atoms with Crippen LogP contribution in [0.3, 0.4) is 0 Å². The van der Waals surface area contributed by atoms with Crippen molar-refractivity contribution in [2.24, 2.45) is 5.92 Å². The molecule has 22 heavy (non-hydrogen) atoms. The molecule has 0 unspecified atom stereocenters. The second-order valence-corrected chi connectivity index (χ2v) is 5.48. The number of nitro benzene ring substituents is 1. The van der Waals surface area contributed by atoms with Gasteiger partial charge in [0.2, 0.25) is 0 Å². The Morgan fingerprint density at radius 3 is 2.09 bits per heavy atom. The summed E-state index contributed by atoms with van der Waals surface area (Å²) in [5, 5.41) is 13.2. The second kappa shape index (κ2) is 7.53. The summed E-state index contributed by atoms with van der Waals surface area (Å²) in [6.07, 6.45) is -0.273. The number of rotatable bonds is 6. The van der Waals surface area contributed by atoms with Gasteiger partial charge in [-0.15, -0.1) is 0 Å². The molecule has 0 radical (unpaired) electrons. The van der Waals surface area contributed by atoms with E-state index in [1.165, 1.54) is 24.3 Å². The Kier molecular flexibility index (Phi) is 6.03. The fraction of sp³-hybridized carbons (Fsp3) is 0.467. The van der Waals surface area contributed by atoms with Crippen LogP contribution >= 0.6 is 0 Å². The van der Waals surface area contributed by atoms with E-state index in [1.54, 1.807) is 27.7 Å². The molecule has 0 spiro atoms. The van der Waals surface area contributed by atoms with Crippen LogP contribution in [-0.2, 0) is 9.53 Å². The monoisotopic (exact) mass is 308 g/mol. The van der Waals surface area contributed by atoms with Crippen LogP contribution < -0.4 is 5.32 Å². The number of carbonyl (C=O) groups excluding carboxylic acids is 2. The first kappa shape index (κ1) is 17.6. The van der Waals surface area contributed by atoms with E-state index in [9.17, 15) is 19.7 Å². The highest BCUT2D eigenvalue weighted by Gasteiger charge is 2.26. The van der Waals surface area contributed by atoms with Crippen LogP contribution in [0.5, 0.6) is 0 Å². The molecular formula is C15H20N2O5. The van der Waals surface area contributed by atoms with Gasteiger partial charge in [-0.1, -0.05) is 13.8 Å². The Labute approximate surface area is 128 Å². The van der Waals surface area contributed by atoms with E-state index in [2.05, 4.69) is 5.32 Å². The lowest BCUT2D eigenvalue weighted by molar-refractivity contribution is -0.384. The topological polar surface area (TPSA) is 98.5 Å². The highest BCUT2D eigenvalue weighted by atomic mass is 16.6. The minimum absolute atomic E-state index is 0.101. The van der Waals surface area contributed by atoms with Gasteiger partial charge >= 0.3 is 5.97 Å². The molecule has 1 aromatic carbocycles. The first-order valence-electron chi connectivity index (χ1n) is 6.98. The number of carbonyl (C=O) groups is 2. The van der Waals surface area contributed by atoms with Crippen LogP contribution in [-0.4, -0.2) is 28.9 Å². The summed E-state index contributed by atoms with van der Waals surface area (Å²) in [6, 6.07) is 4.40. The summed E-state index contributed by atoms with van der Waals surface area (Å²) in [4.78, 5) is 34.2. The number of ether oxygens (including phenoxy) is 1. The number of hydrogen-bond donors (Lipinski definition) is 1. The molecule has 1 N–H and O–H groups in total. The van der Waals surface area contributed by atoms with Gasteiger partial charge < -0.3 is 10.1 Å². The zero-order chi connectivity index (χ0) is 16.9. The Morgan fingerprint density at radius 2 is 1.68 bits per heavy atom. The first-order chi connectivity index (χ1) is 10.2. The number of nitrogens with zero attached hydrogens (tertiary/aromatic N) is 1. The summed E-state index contributed by atoms with van der Waals surface area (Å²) in [7, 11) is 0. The maximum absolute atomic E-state index is 12.1. The summed E-state index contributed by atoms with van der Waals surface area (Å²) < 4.78 is 5.12. The molecule has 0 aromatic heterocycles. The van der Waals surface area contributed by atoms with Crippen molar-refractivity contribution in [3.8, 4) is 0 Å². The lowest BCUT2D eigenvalue weighted by Gasteiger charge is -2.22. The molecule has 1 aromatic rings. The molecule has 0 bridgehead atoms. The average Bonchev–Trinajstić information content (AvgIpc) is 2.43. The van der Waals surface area contributed by atoms with Crippen molar-refractivity contribution in [2.75, 3.05) is 0 Å². The SMILES string of the molecule is CC(C)OC(=O)[C@@H](NC(=O)c1ccc([N+](=O)[O-])cc1)C(C)C. The fourth-order valence-electron chi connectivity index (χ4n) is 1.76. The van der Waals surface area contributed by atoms with Gasteiger partial charge in [-0.25, -0.2) is 4.79 Å². The zero-order valence-electron chi connectivity index (χ0n) is 13.0. The lowest BCUT2D eigenvalue weighted by Crippen LogP contribution is -2.45. The minimum Gasteiger partial charge on any atom is -0.461 e. The van der Waals surface area contributed by atoms with E-state index < -0.39 is 22.8 Å². The van der Waals surface area contributed by atoms with Crippen molar-refractivity contribution in [1.29, 1.82) is 0 Å². The largest absolute Gasteiger partial charge is 0.461 e. The van der Waals surface area contributed by atoms with Gasteiger partial charge in [0.1, 0.15) is 6.04 Å². The highest BCUT2D eigenvalue weighted by molar-refractivity contribution is 5.97. The summed E-state index contributed by atoms with van der Waals surface area (Å²) >= 11 is 0. The first-order valence-corrected chi connectivity index (χ1v) is 6.98. The third-order valence-corrected chi connectivity index (χ3v) is 2.90. The predicted octanol–water partition coefficient (Wildman–Crippen LogP) is 2.30. The predicted molar refractivity (Wildman–Crippen MR) is 80.4 cm³/mol. The van der Waals surface area contributed by atoms with Gasteiger partial charge in [0.05, 0.1) is 11.0 Å². The average molecular weight is 308 g/mol. The summed E-state index contributed by atoms with van der Waals surface area (Å²) in [5.74, 6) is -1.12. The highest BCUT2D eigenvalue weighted by Crippen LogP contribution is 2.13. The van der Waals surface area contributed by atoms with E-state index in [-0.39, 0.29) is 23.3 Å². The van der Waals surface area contributed by atoms with Crippen LogP contribution in [0.15, 0.2) is 24.3 Å². The number of nitro groups is 1. The van der Waals surface area contributed by atoms with Crippen molar-refractivity contribution in [2.45, 2.75) is 39.8 Å². The van der Waals surface area contributed by atoms with Crippen molar-refractivity contribution in [1.82, 2.24) is 5.32 Å². The molecule has 0 saturated heterocycles. The number of benzene rings is 1. The van der Waals surface area contributed by atoms with Crippen LogP contribution in [0.25, 0.3) is 0 Å². The molecule has 1 atom stereocenters. The van der Waals surface area contributed by atoms with Crippen LogP contribution in [0, 0.1) is 16.0 Å². The Morgan fingerprint density at radius 1 is 1.14 bits per heavy atom. The lowest BCUT2D eigenvalue weighted by atomic mass is 10.0. The molecule has 120 valence electrons. The number of hydrogen-bond acceptors (Lipinski definition) is 5. The summed E-state index contributed by atoms with van der Waals surface area (Å²) in [6.45, 7) is 7.05. The normalized spacial score (nSPS) is 12.1. The molecule has 0 heterocycles.